The Morgan fingerprint density at radius 1 is 1.26 bits per heavy atom. The molecule has 0 amide bonds. The van der Waals surface area contributed by atoms with Crippen LogP contribution in [0.25, 0.3) is 0 Å². The van der Waals surface area contributed by atoms with Gasteiger partial charge >= 0.3 is 0 Å². The molecule has 1 aliphatic heterocycles. The Balaban J connectivity index is 1.57. The fourth-order valence-electron chi connectivity index (χ4n) is 4.13. The van der Waals surface area contributed by atoms with Gasteiger partial charge in [0.25, 0.3) is 0 Å². The monoisotopic (exact) mass is 259 g/mol. The third kappa shape index (κ3) is 1.71. The first-order valence-corrected chi connectivity index (χ1v) is 7.26. The quantitative estimate of drug-likeness (QED) is 0.879. The number of aromatic nitrogens is 2. The van der Waals surface area contributed by atoms with Gasteiger partial charge in [0.2, 0.25) is 0 Å². The number of fused-ring (bicyclic) bond motifs is 3. The molecular formula is C14H21N5. The molecule has 0 radical (unpaired) electrons. The number of rotatable bonds is 2. The predicted octanol–water partition coefficient (Wildman–Crippen LogP) is 1.67. The largest absolute Gasteiger partial charge is 0.320 e. The molecule has 2 fully saturated rings. The Kier molecular flexibility index (Phi) is 2.45. The summed E-state index contributed by atoms with van der Waals surface area (Å²) in [5, 5.41) is 3.74. The van der Waals surface area contributed by atoms with Crippen LogP contribution in [0.1, 0.15) is 37.5 Å². The Hall–Kier alpha value is -1.36. The number of hydrogen-bond acceptors (Lipinski definition) is 4. The van der Waals surface area contributed by atoms with Crippen LogP contribution in [0, 0.1) is 11.8 Å². The van der Waals surface area contributed by atoms with Crippen LogP contribution in [0.4, 0.5) is 5.82 Å². The van der Waals surface area contributed by atoms with Crippen molar-refractivity contribution in [2.45, 2.75) is 37.9 Å². The van der Waals surface area contributed by atoms with E-state index < -0.39 is 0 Å². The summed E-state index contributed by atoms with van der Waals surface area (Å²) in [5.74, 6) is 2.98. The lowest BCUT2D eigenvalue weighted by Crippen LogP contribution is -2.38. The molecule has 1 aromatic heterocycles. The third-order valence-corrected chi connectivity index (χ3v) is 5.03. The molecule has 19 heavy (non-hydrogen) atoms. The van der Waals surface area contributed by atoms with Crippen molar-refractivity contribution < 1.29 is 0 Å². The van der Waals surface area contributed by atoms with Crippen LogP contribution in [0.5, 0.6) is 0 Å². The molecule has 5 heteroatoms. The number of aryl methyl sites for hydroxylation is 1. The number of nitrogens with zero attached hydrogens (tertiary/aromatic N) is 4. The van der Waals surface area contributed by atoms with Crippen molar-refractivity contribution in [1.82, 2.24) is 14.9 Å². The molecule has 1 aromatic rings. The summed E-state index contributed by atoms with van der Waals surface area (Å²) in [5.41, 5.74) is 1.07. The van der Waals surface area contributed by atoms with Gasteiger partial charge in [-0.2, -0.15) is 0 Å². The van der Waals surface area contributed by atoms with E-state index >= 15 is 0 Å². The van der Waals surface area contributed by atoms with E-state index in [-0.39, 0.29) is 6.17 Å². The maximum Gasteiger partial charge on any atom is 0.148 e. The highest BCUT2D eigenvalue weighted by Gasteiger charge is 2.41. The first-order valence-electron chi connectivity index (χ1n) is 7.26. The van der Waals surface area contributed by atoms with Crippen molar-refractivity contribution in [2.24, 2.45) is 23.9 Å². The van der Waals surface area contributed by atoms with Crippen molar-refractivity contribution in [2.75, 3.05) is 11.9 Å². The van der Waals surface area contributed by atoms with Gasteiger partial charge in [-0.15, -0.1) is 0 Å². The molecule has 2 aliphatic carbocycles. The van der Waals surface area contributed by atoms with E-state index in [0.717, 1.165) is 23.3 Å². The lowest BCUT2D eigenvalue weighted by atomic mass is 9.95. The van der Waals surface area contributed by atoms with E-state index in [2.05, 4.69) is 19.9 Å². The second-order valence-corrected chi connectivity index (χ2v) is 6.29. The summed E-state index contributed by atoms with van der Waals surface area (Å²) >= 11 is 0. The van der Waals surface area contributed by atoms with Gasteiger partial charge in [0.1, 0.15) is 17.7 Å². The maximum absolute atomic E-state index is 4.63. The molecule has 2 bridgehead atoms. The van der Waals surface area contributed by atoms with Gasteiger partial charge in [-0.05, 0) is 31.1 Å². The number of aliphatic imine (C=N–C) groups is 1. The molecule has 1 N–H and O–H groups in total. The predicted molar refractivity (Wildman–Crippen MR) is 75.2 cm³/mol. The smallest absolute Gasteiger partial charge is 0.148 e. The van der Waals surface area contributed by atoms with E-state index in [4.69, 9.17) is 0 Å². The fourth-order valence-corrected chi connectivity index (χ4v) is 4.13. The highest BCUT2D eigenvalue weighted by Crippen LogP contribution is 2.45. The lowest BCUT2D eigenvalue weighted by Gasteiger charge is -2.30. The zero-order chi connectivity index (χ0) is 13.0. The molecule has 3 aliphatic rings. The number of imidazole rings is 1. The average molecular weight is 259 g/mol. The van der Waals surface area contributed by atoms with Crippen molar-refractivity contribution in [3.8, 4) is 0 Å². The second kappa shape index (κ2) is 4.07. The van der Waals surface area contributed by atoms with Gasteiger partial charge in [-0.3, -0.25) is 5.32 Å². The molecule has 2 heterocycles. The summed E-state index contributed by atoms with van der Waals surface area (Å²) in [4.78, 5) is 11.2. The van der Waals surface area contributed by atoms with Crippen LogP contribution < -0.4 is 10.2 Å². The Labute approximate surface area is 113 Å². The summed E-state index contributed by atoms with van der Waals surface area (Å²) in [6.45, 7) is 0. The molecule has 4 atom stereocenters. The minimum atomic E-state index is 0.0387. The molecule has 5 nitrogen and oxygen atoms in total. The van der Waals surface area contributed by atoms with Crippen LogP contribution in [0.15, 0.2) is 11.3 Å². The standard InChI is InChI=1S/C14H21N5/c1-18-7-15-12-13(16-8-19(2)14(12)18)17-11-6-9-3-4-10(11)5-9/h7-11,13,17H,3-6H2,1-2H3. The Bertz CT molecular complexity index is 520. The van der Waals surface area contributed by atoms with E-state index in [1.165, 1.54) is 25.7 Å². The molecule has 4 rings (SSSR count). The zero-order valence-corrected chi connectivity index (χ0v) is 11.6. The topological polar surface area (TPSA) is 45.4 Å². The second-order valence-electron chi connectivity index (χ2n) is 6.29. The van der Waals surface area contributed by atoms with Gasteiger partial charge in [-0.25, -0.2) is 9.98 Å². The maximum atomic E-state index is 4.63. The number of anilines is 1. The van der Waals surface area contributed by atoms with E-state index in [0.29, 0.717) is 6.04 Å². The molecule has 2 saturated carbocycles. The Morgan fingerprint density at radius 3 is 2.89 bits per heavy atom. The lowest BCUT2D eigenvalue weighted by molar-refractivity contribution is 0.320. The van der Waals surface area contributed by atoms with Gasteiger partial charge < -0.3 is 9.47 Å². The number of hydrogen-bond donors (Lipinski definition) is 1. The molecular weight excluding hydrogens is 238 g/mol. The highest BCUT2D eigenvalue weighted by molar-refractivity contribution is 5.80. The van der Waals surface area contributed by atoms with E-state index in [9.17, 15) is 0 Å². The Morgan fingerprint density at radius 2 is 2.16 bits per heavy atom. The van der Waals surface area contributed by atoms with Gasteiger partial charge in [-0.1, -0.05) is 6.42 Å². The zero-order valence-electron chi connectivity index (χ0n) is 11.6. The van der Waals surface area contributed by atoms with Crippen LogP contribution in [-0.2, 0) is 7.05 Å². The van der Waals surface area contributed by atoms with Crippen molar-refractivity contribution >= 4 is 12.2 Å². The molecule has 0 saturated heterocycles. The first kappa shape index (κ1) is 11.5. The normalized spacial score (nSPS) is 36.0. The average Bonchev–Trinajstić information content (AvgIpc) is 3.08. The van der Waals surface area contributed by atoms with Crippen LogP contribution >= 0.6 is 0 Å². The third-order valence-electron chi connectivity index (χ3n) is 5.03. The summed E-state index contributed by atoms with van der Waals surface area (Å²) < 4.78 is 2.07. The van der Waals surface area contributed by atoms with E-state index in [1.807, 2.05) is 31.7 Å². The first-order chi connectivity index (χ1) is 9.22. The van der Waals surface area contributed by atoms with E-state index in [1.54, 1.807) is 0 Å². The van der Waals surface area contributed by atoms with Gasteiger partial charge in [0.15, 0.2) is 0 Å². The van der Waals surface area contributed by atoms with Crippen LogP contribution in [0.2, 0.25) is 0 Å². The van der Waals surface area contributed by atoms with Crippen molar-refractivity contribution in [1.29, 1.82) is 0 Å². The minimum absolute atomic E-state index is 0.0387. The van der Waals surface area contributed by atoms with Crippen LogP contribution in [0.3, 0.4) is 0 Å². The number of nitrogens with one attached hydrogen (secondary N) is 1. The molecule has 0 aromatic carbocycles. The van der Waals surface area contributed by atoms with Gasteiger partial charge in [0.05, 0.1) is 12.7 Å². The SMILES string of the molecule is CN1C=NC(NC2CC3CCC2C3)c2ncn(C)c21. The van der Waals surface area contributed by atoms with Crippen molar-refractivity contribution in [3.05, 3.63) is 12.0 Å². The summed E-state index contributed by atoms with van der Waals surface area (Å²) in [7, 11) is 4.06. The summed E-state index contributed by atoms with van der Waals surface area (Å²) in [6, 6.07) is 0.638. The van der Waals surface area contributed by atoms with Crippen LogP contribution in [-0.4, -0.2) is 29.0 Å². The highest BCUT2D eigenvalue weighted by atomic mass is 15.3. The van der Waals surface area contributed by atoms with Gasteiger partial charge in [0, 0.05) is 20.1 Å². The fraction of sp³-hybridized carbons (Fsp3) is 0.714. The van der Waals surface area contributed by atoms with Crippen molar-refractivity contribution in [3.63, 3.8) is 0 Å². The molecule has 0 spiro atoms. The molecule has 4 unspecified atom stereocenters. The molecule has 102 valence electrons. The minimum Gasteiger partial charge on any atom is -0.320 e. The summed E-state index contributed by atoms with van der Waals surface area (Å²) in [6.07, 6.45) is 9.41.